The van der Waals surface area contributed by atoms with Gasteiger partial charge in [-0.25, -0.2) is 4.79 Å². The molecule has 0 radical (unpaired) electrons. The summed E-state index contributed by atoms with van der Waals surface area (Å²) in [6, 6.07) is 7.70. The van der Waals surface area contributed by atoms with Gasteiger partial charge in [-0.05, 0) is 26.3 Å². The minimum absolute atomic E-state index is 0.344. The highest BCUT2D eigenvalue weighted by Gasteiger charge is 2.14. The summed E-state index contributed by atoms with van der Waals surface area (Å²) in [7, 11) is 0. The van der Waals surface area contributed by atoms with Crippen molar-refractivity contribution in [1.82, 2.24) is 4.90 Å². The molecule has 0 aliphatic heterocycles. The number of nitrogens with zero attached hydrogens (tertiary/aromatic N) is 1. The Kier molecular flexibility index (Phi) is 4.76. The van der Waals surface area contributed by atoms with Crippen LogP contribution in [0.15, 0.2) is 30.8 Å². The molecule has 1 aromatic rings. The van der Waals surface area contributed by atoms with E-state index >= 15 is 0 Å². The summed E-state index contributed by atoms with van der Waals surface area (Å²) < 4.78 is 5.25. The summed E-state index contributed by atoms with van der Waals surface area (Å²) in [6.07, 6.45) is -0.344. The molecule has 0 fully saturated rings. The molecule has 0 bridgehead atoms. The number of hydrogen-bond donors (Lipinski definition) is 0. The van der Waals surface area contributed by atoms with E-state index in [2.05, 4.69) is 6.58 Å². The average molecular weight is 233 g/mol. The lowest BCUT2D eigenvalue weighted by Gasteiger charge is -2.19. The van der Waals surface area contributed by atoms with E-state index < -0.39 is 0 Å². The minimum Gasteiger partial charge on any atom is -0.410 e. The zero-order chi connectivity index (χ0) is 12.8. The molecule has 0 N–H and O–H groups in total. The van der Waals surface area contributed by atoms with Crippen LogP contribution in [0.5, 0.6) is 0 Å². The fourth-order valence-electron chi connectivity index (χ4n) is 1.59. The summed E-state index contributed by atoms with van der Waals surface area (Å²) in [5.74, 6) is 0.403. The number of hydrogen-bond acceptors (Lipinski definition) is 2. The molecule has 3 nitrogen and oxygen atoms in total. The van der Waals surface area contributed by atoms with E-state index in [0.29, 0.717) is 18.8 Å². The first-order chi connectivity index (χ1) is 8.10. The van der Waals surface area contributed by atoms with Crippen LogP contribution < -0.4 is 0 Å². The summed E-state index contributed by atoms with van der Waals surface area (Å²) in [5, 5.41) is 0. The Morgan fingerprint density at radius 2 is 1.88 bits per heavy atom. The van der Waals surface area contributed by atoms with E-state index in [1.807, 2.05) is 45.0 Å². The normalized spacial score (nSPS) is 9.82. The third kappa shape index (κ3) is 3.34. The largest absolute Gasteiger partial charge is 0.415 e. The Balaban J connectivity index is 2.73. The second kappa shape index (κ2) is 6.09. The first-order valence-electron chi connectivity index (χ1n) is 5.81. The predicted octanol–water partition coefficient (Wildman–Crippen LogP) is 3.44. The van der Waals surface area contributed by atoms with Crippen LogP contribution in [0.2, 0.25) is 0 Å². The van der Waals surface area contributed by atoms with Crippen LogP contribution in [-0.2, 0) is 4.74 Å². The highest BCUT2D eigenvalue weighted by molar-refractivity contribution is 5.76. The lowest BCUT2D eigenvalue weighted by atomic mass is 10.1. The van der Waals surface area contributed by atoms with Crippen LogP contribution >= 0.6 is 0 Å². The highest BCUT2D eigenvalue weighted by Crippen LogP contribution is 2.18. The van der Waals surface area contributed by atoms with E-state index in [1.54, 1.807) is 4.90 Å². The van der Waals surface area contributed by atoms with Gasteiger partial charge in [-0.3, -0.25) is 0 Å². The van der Waals surface area contributed by atoms with Crippen molar-refractivity contribution in [1.29, 1.82) is 0 Å². The van der Waals surface area contributed by atoms with Crippen molar-refractivity contribution in [2.45, 2.75) is 20.8 Å². The van der Waals surface area contributed by atoms with Gasteiger partial charge in [0.05, 0.1) is 0 Å². The van der Waals surface area contributed by atoms with Crippen molar-refractivity contribution in [2.24, 2.45) is 0 Å². The van der Waals surface area contributed by atoms with Gasteiger partial charge in [-0.1, -0.05) is 30.8 Å². The van der Waals surface area contributed by atoms with E-state index in [1.165, 1.54) is 0 Å². The Labute approximate surface area is 103 Å². The Morgan fingerprint density at radius 3 is 2.41 bits per heavy atom. The van der Waals surface area contributed by atoms with Crippen LogP contribution in [-0.4, -0.2) is 24.1 Å². The number of ether oxygens (including phenoxy) is 1. The van der Waals surface area contributed by atoms with Crippen molar-refractivity contribution < 1.29 is 9.53 Å². The topological polar surface area (TPSA) is 29.5 Å². The van der Waals surface area contributed by atoms with Crippen molar-refractivity contribution >= 4 is 11.9 Å². The van der Waals surface area contributed by atoms with Crippen molar-refractivity contribution in [3.63, 3.8) is 0 Å². The third-order valence-corrected chi connectivity index (χ3v) is 2.68. The zero-order valence-electron chi connectivity index (χ0n) is 10.7. The maximum Gasteiger partial charge on any atom is 0.415 e. The van der Waals surface area contributed by atoms with Crippen LogP contribution in [0.25, 0.3) is 5.76 Å². The van der Waals surface area contributed by atoms with Crippen LogP contribution in [0.1, 0.15) is 25.0 Å². The predicted molar refractivity (Wildman–Crippen MR) is 69.6 cm³/mol. The highest BCUT2D eigenvalue weighted by atomic mass is 16.6. The number of aryl methyl sites for hydroxylation is 1. The molecule has 92 valence electrons. The molecule has 0 atom stereocenters. The van der Waals surface area contributed by atoms with Crippen LogP contribution in [0, 0.1) is 6.92 Å². The van der Waals surface area contributed by atoms with Gasteiger partial charge in [0.15, 0.2) is 0 Å². The first-order valence-corrected chi connectivity index (χ1v) is 5.81. The molecule has 0 aromatic heterocycles. The fourth-order valence-corrected chi connectivity index (χ4v) is 1.59. The molecular formula is C14H19NO2. The Bertz CT molecular complexity index is 408. The minimum atomic E-state index is -0.344. The molecule has 0 aliphatic carbocycles. The number of amides is 1. The zero-order valence-corrected chi connectivity index (χ0v) is 10.7. The summed E-state index contributed by atoms with van der Waals surface area (Å²) >= 11 is 0. The van der Waals surface area contributed by atoms with Gasteiger partial charge in [-0.2, -0.15) is 0 Å². The number of benzene rings is 1. The van der Waals surface area contributed by atoms with E-state index in [9.17, 15) is 4.79 Å². The van der Waals surface area contributed by atoms with Crippen molar-refractivity contribution in [2.75, 3.05) is 13.1 Å². The molecule has 0 saturated carbocycles. The van der Waals surface area contributed by atoms with Gasteiger partial charge >= 0.3 is 6.09 Å². The SMILES string of the molecule is C=C(OC(=O)N(CC)CC)c1ccccc1C. The number of carbonyl (C=O) groups excluding carboxylic acids is 1. The monoisotopic (exact) mass is 233 g/mol. The van der Waals surface area contributed by atoms with Crippen molar-refractivity contribution in [3.8, 4) is 0 Å². The van der Waals surface area contributed by atoms with Gasteiger partial charge in [-0.15, -0.1) is 0 Å². The molecule has 3 heteroatoms. The molecule has 0 aliphatic rings. The second-order valence-electron chi connectivity index (χ2n) is 3.78. The van der Waals surface area contributed by atoms with E-state index in [-0.39, 0.29) is 6.09 Å². The van der Waals surface area contributed by atoms with E-state index in [4.69, 9.17) is 4.74 Å². The quantitative estimate of drug-likeness (QED) is 0.745. The standard InChI is InChI=1S/C14H19NO2/c1-5-15(6-2)14(16)17-12(4)13-10-8-7-9-11(13)3/h7-10H,4-6H2,1-3H3. The Morgan fingerprint density at radius 1 is 1.29 bits per heavy atom. The maximum absolute atomic E-state index is 11.7. The lowest BCUT2D eigenvalue weighted by molar-refractivity contribution is 0.148. The average Bonchev–Trinajstić information content (AvgIpc) is 2.31. The molecule has 0 spiro atoms. The first kappa shape index (κ1) is 13.3. The number of rotatable bonds is 4. The van der Waals surface area contributed by atoms with Crippen molar-refractivity contribution in [3.05, 3.63) is 42.0 Å². The lowest BCUT2D eigenvalue weighted by Crippen LogP contribution is -2.30. The molecule has 17 heavy (non-hydrogen) atoms. The van der Waals surface area contributed by atoms with Gasteiger partial charge < -0.3 is 9.64 Å². The molecule has 1 amide bonds. The third-order valence-electron chi connectivity index (χ3n) is 2.68. The maximum atomic E-state index is 11.7. The van der Waals surface area contributed by atoms with E-state index in [0.717, 1.165) is 11.1 Å². The molecule has 0 unspecified atom stereocenters. The van der Waals surface area contributed by atoms with Crippen LogP contribution in [0.3, 0.4) is 0 Å². The van der Waals surface area contributed by atoms with Gasteiger partial charge in [0, 0.05) is 18.7 Å². The fraction of sp³-hybridized carbons (Fsp3) is 0.357. The molecule has 1 rings (SSSR count). The second-order valence-corrected chi connectivity index (χ2v) is 3.78. The molecular weight excluding hydrogens is 214 g/mol. The van der Waals surface area contributed by atoms with Gasteiger partial charge in [0.1, 0.15) is 5.76 Å². The summed E-state index contributed by atoms with van der Waals surface area (Å²) in [4.78, 5) is 13.4. The summed E-state index contributed by atoms with van der Waals surface area (Å²) in [6.45, 7) is 10.9. The Hall–Kier alpha value is -1.77. The molecule has 0 heterocycles. The van der Waals surface area contributed by atoms with Crippen LogP contribution in [0.4, 0.5) is 4.79 Å². The molecule has 0 saturated heterocycles. The summed E-state index contributed by atoms with van der Waals surface area (Å²) in [5.41, 5.74) is 1.91. The smallest absolute Gasteiger partial charge is 0.410 e. The van der Waals surface area contributed by atoms with Gasteiger partial charge in [0.25, 0.3) is 0 Å². The van der Waals surface area contributed by atoms with Gasteiger partial charge in [0.2, 0.25) is 0 Å². The molecule has 1 aromatic carbocycles. The number of carbonyl (C=O) groups is 1.